The van der Waals surface area contributed by atoms with Gasteiger partial charge in [-0.3, -0.25) is 9.97 Å². The van der Waals surface area contributed by atoms with Gasteiger partial charge in [0.15, 0.2) is 0 Å². The van der Waals surface area contributed by atoms with Crippen molar-refractivity contribution in [3.63, 3.8) is 0 Å². The Morgan fingerprint density at radius 3 is 2.44 bits per heavy atom. The quantitative estimate of drug-likeness (QED) is 0.802. The number of nitrogens with zero attached hydrogens (tertiary/aromatic N) is 2. The van der Waals surface area contributed by atoms with E-state index in [9.17, 15) is 0 Å². The lowest BCUT2D eigenvalue weighted by molar-refractivity contribution is 0.448. The summed E-state index contributed by atoms with van der Waals surface area (Å²) < 4.78 is 0. The minimum absolute atomic E-state index is 0.547. The van der Waals surface area contributed by atoms with E-state index in [0.717, 1.165) is 23.9 Å². The summed E-state index contributed by atoms with van der Waals surface area (Å²) in [5.41, 5.74) is 1.98. The lowest BCUT2D eigenvalue weighted by Crippen LogP contribution is -2.26. The van der Waals surface area contributed by atoms with Crippen molar-refractivity contribution in [1.82, 2.24) is 15.3 Å². The molecule has 0 aliphatic carbocycles. The molecule has 0 aliphatic rings. The van der Waals surface area contributed by atoms with E-state index in [1.54, 1.807) is 0 Å². The van der Waals surface area contributed by atoms with E-state index in [1.807, 2.05) is 19.3 Å². The maximum Gasteiger partial charge on any atom is 0.0724 e. The monoisotopic (exact) mass is 221 g/mol. The lowest BCUT2D eigenvalue weighted by atomic mass is 10.0. The first kappa shape index (κ1) is 13.1. The summed E-state index contributed by atoms with van der Waals surface area (Å²) in [5, 5.41) is 3.47. The Kier molecular flexibility index (Phi) is 5.39. The molecule has 3 heteroatoms. The molecular formula is C13H23N3. The minimum atomic E-state index is 0.547. The topological polar surface area (TPSA) is 37.8 Å². The molecule has 1 atom stereocenters. The Labute approximate surface area is 98.7 Å². The molecule has 1 heterocycles. The first-order valence-corrected chi connectivity index (χ1v) is 6.09. The third-order valence-corrected chi connectivity index (χ3v) is 2.64. The average molecular weight is 221 g/mol. The molecule has 16 heavy (non-hydrogen) atoms. The molecule has 0 spiro atoms. The second kappa shape index (κ2) is 6.59. The minimum Gasteiger partial charge on any atom is -0.309 e. The summed E-state index contributed by atoms with van der Waals surface area (Å²) in [6, 6.07) is 0.547. The predicted octanol–water partition coefficient (Wildman–Crippen LogP) is 2.70. The van der Waals surface area contributed by atoms with Gasteiger partial charge in [0.2, 0.25) is 0 Å². The summed E-state index contributed by atoms with van der Waals surface area (Å²) in [4.78, 5) is 8.55. The van der Waals surface area contributed by atoms with Crippen LogP contribution in [-0.4, -0.2) is 16.0 Å². The highest BCUT2D eigenvalue weighted by Gasteiger charge is 2.03. The molecule has 0 aliphatic heterocycles. The van der Waals surface area contributed by atoms with Crippen molar-refractivity contribution in [3.8, 4) is 0 Å². The Morgan fingerprint density at radius 2 is 1.88 bits per heavy atom. The third kappa shape index (κ3) is 5.21. The van der Waals surface area contributed by atoms with Crippen molar-refractivity contribution in [1.29, 1.82) is 0 Å². The van der Waals surface area contributed by atoms with Gasteiger partial charge in [0.25, 0.3) is 0 Å². The summed E-state index contributed by atoms with van der Waals surface area (Å²) in [6.45, 7) is 9.52. The van der Waals surface area contributed by atoms with Gasteiger partial charge in [0.1, 0.15) is 0 Å². The average Bonchev–Trinajstić information content (AvgIpc) is 2.25. The Morgan fingerprint density at radius 1 is 1.12 bits per heavy atom. The van der Waals surface area contributed by atoms with Crippen molar-refractivity contribution in [3.05, 3.63) is 23.8 Å². The number of hydrogen-bond donors (Lipinski definition) is 1. The molecule has 90 valence electrons. The molecule has 1 aromatic rings. The van der Waals surface area contributed by atoms with Gasteiger partial charge in [-0.2, -0.15) is 0 Å². The molecule has 0 fully saturated rings. The van der Waals surface area contributed by atoms with E-state index in [4.69, 9.17) is 0 Å². The van der Waals surface area contributed by atoms with Crippen LogP contribution in [0.2, 0.25) is 0 Å². The molecule has 1 rings (SSSR count). The van der Waals surface area contributed by atoms with Gasteiger partial charge >= 0.3 is 0 Å². The highest BCUT2D eigenvalue weighted by Crippen LogP contribution is 2.06. The fraction of sp³-hybridized carbons (Fsp3) is 0.692. The molecule has 0 aromatic carbocycles. The largest absolute Gasteiger partial charge is 0.309 e. The zero-order valence-electron chi connectivity index (χ0n) is 10.8. The van der Waals surface area contributed by atoms with Gasteiger partial charge in [-0.15, -0.1) is 0 Å². The summed E-state index contributed by atoms with van der Waals surface area (Å²) >= 11 is 0. The molecule has 0 saturated carbocycles. The van der Waals surface area contributed by atoms with E-state index in [2.05, 4.69) is 36.1 Å². The van der Waals surface area contributed by atoms with Crippen molar-refractivity contribution in [2.45, 2.75) is 53.1 Å². The van der Waals surface area contributed by atoms with Crippen LogP contribution < -0.4 is 5.32 Å². The maximum absolute atomic E-state index is 4.32. The first-order valence-electron chi connectivity index (χ1n) is 6.09. The molecular weight excluding hydrogens is 198 g/mol. The van der Waals surface area contributed by atoms with Crippen molar-refractivity contribution in [2.75, 3.05) is 0 Å². The standard InChI is InChI=1S/C13H23N3/c1-10(2)5-6-11(3)14-8-13-9-15-12(4)7-16-13/h7,9-11,14H,5-6,8H2,1-4H3. The van der Waals surface area contributed by atoms with Crippen LogP contribution >= 0.6 is 0 Å². The van der Waals surface area contributed by atoms with Crippen LogP contribution in [0.4, 0.5) is 0 Å². The van der Waals surface area contributed by atoms with E-state index in [1.165, 1.54) is 12.8 Å². The van der Waals surface area contributed by atoms with E-state index in [0.29, 0.717) is 6.04 Å². The molecule has 1 N–H and O–H groups in total. The van der Waals surface area contributed by atoms with Gasteiger partial charge in [0, 0.05) is 25.0 Å². The van der Waals surface area contributed by atoms with Gasteiger partial charge in [-0.05, 0) is 32.6 Å². The fourth-order valence-corrected chi connectivity index (χ4v) is 1.47. The zero-order chi connectivity index (χ0) is 12.0. The maximum atomic E-state index is 4.32. The van der Waals surface area contributed by atoms with E-state index in [-0.39, 0.29) is 0 Å². The molecule has 0 amide bonds. The van der Waals surface area contributed by atoms with Crippen LogP contribution in [0, 0.1) is 12.8 Å². The van der Waals surface area contributed by atoms with E-state index >= 15 is 0 Å². The molecule has 0 saturated heterocycles. The zero-order valence-corrected chi connectivity index (χ0v) is 10.8. The summed E-state index contributed by atoms with van der Waals surface area (Å²) in [5.74, 6) is 0.781. The molecule has 3 nitrogen and oxygen atoms in total. The van der Waals surface area contributed by atoms with Gasteiger partial charge in [-0.25, -0.2) is 0 Å². The Hall–Kier alpha value is -0.960. The summed E-state index contributed by atoms with van der Waals surface area (Å²) in [6.07, 6.45) is 6.15. The molecule has 1 aromatic heterocycles. The lowest BCUT2D eigenvalue weighted by Gasteiger charge is -2.14. The Bertz CT molecular complexity index is 293. The SMILES string of the molecule is Cc1cnc(CNC(C)CCC(C)C)cn1. The predicted molar refractivity (Wildman–Crippen MR) is 67.1 cm³/mol. The van der Waals surface area contributed by atoms with Crippen LogP contribution in [0.3, 0.4) is 0 Å². The second-order valence-corrected chi connectivity index (χ2v) is 4.90. The van der Waals surface area contributed by atoms with Crippen molar-refractivity contribution >= 4 is 0 Å². The van der Waals surface area contributed by atoms with Crippen molar-refractivity contribution < 1.29 is 0 Å². The molecule has 0 radical (unpaired) electrons. The first-order chi connectivity index (χ1) is 7.58. The van der Waals surface area contributed by atoms with E-state index < -0.39 is 0 Å². The normalized spacial score (nSPS) is 13.1. The smallest absolute Gasteiger partial charge is 0.0724 e. The number of aryl methyl sites for hydroxylation is 1. The second-order valence-electron chi connectivity index (χ2n) is 4.90. The number of nitrogens with one attached hydrogen (secondary N) is 1. The molecule has 0 bridgehead atoms. The third-order valence-electron chi connectivity index (χ3n) is 2.64. The van der Waals surface area contributed by atoms with Crippen LogP contribution in [0.1, 0.15) is 45.0 Å². The number of rotatable bonds is 6. The fourth-order valence-electron chi connectivity index (χ4n) is 1.47. The Balaban J connectivity index is 2.26. The van der Waals surface area contributed by atoms with Crippen LogP contribution in [-0.2, 0) is 6.54 Å². The van der Waals surface area contributed by atoms with Crippen LogP contribution in [0.5, 0.6) is 0 Å². The van der Waals surface area contributed by atoms with Crippen LogP contribution in [0.25, 0.3) is 0 Å². The summed E-state index contributed by atoms with van der Waals surface area (Å²) in [7, 11) is 0. The van der Waals surface area contributed by atoms with Gasteiger partial charge in [0.05, 0.1) is 11.4 Å². The number of hydrogen-bond acceptors (Lipinski definition) is 3. The number of aromatic nitrogens is 2. The van der Waals surface area contributed by atoms with Gasteiger partial charge < -0.3 is 5.32 Å². The highest BCUT2D eigenvalue weighted by atomic mass is 14.9. The van der Waals surface area contributed by atoms with Crippen LogP contribution in [0.15, 0.2) is 12.4 Å². The van der Waals surface area contributed by atoms with Gasteiger partial charge in [-0.1, -0.05) is 13.8 Å². The van der Waals surface area contributed by atoms with Crippen molar-refractivity contribution in [2.24, 2.45) is 5.92 Å². The molecule has 1 unspecified atom stereocenters. The highest BCUT2D eigenvalue weighted by molar-refractivity contribution is 5.00.